The average molecular weight is 226 g/mol. The summed E-state index contributed by atoms with van der Waals surface area (Å²) in [6, 6.07) is 0.269. The van der Waals surface area contributed by atoms with Crippen molar-refractivity contribution in [3.8, 4) is 0 Å². The van der Waals surface area contributed by atoms with Crippen molar-refractivity contribution in [3.05, 3.63) is 0 Å². The minimum absolute atomic E-state index is 0.229. The summed E-state index contributed by atoms with van der Waals surface area (Å²) >= 11 is 0. The molecule has 1 rings (SSSR count). The zero-order chi connectivity index (χ0) is 12.1. The molecule has 0 aromatic rings. The minimum atomic E-state index is 0.229. The highest BCUT2D eigenvalue weighted by molar-refractivity contribution is 5.78. The van der Waals surface area contributed by atoms with Gasteiger partial charge in [-0.25, -0.2) is 0 Å². The van der Waals surface area contributed by atoms with Gasteiger partial charge in [-0.15, -0.1) is 0 Å². The van der Waals surface area contributed by atoms with Crippen LogP contribution in [-0.2, 0) is 4.79 Å². The molecule has 3 nitrogen and oxygen atoms in total. The highest BCUT2D eigenvalue weighted by Gasteiger charge is 2.27. The van der Waals surface area contributed by atoms with Crippen LogP contribution in [0.4, 0.5) is 0 Å². The van der Waals surface area contributed by atoms with Gasteiger partial charge in [0.15, 0.2) is 0 Å². The summed E-state index contributed by atoms with van der Waals surface area (Å²) in [6.45, 7) is 8.08. The molecule has 1 unspecified atom stereocenters. The van der Waals surface area contributed by atoms with Crippen molar-refractivity contribution < 1.29 is 4.79 Å². The van der Waals surface area contributed by atoms with Gasteiger partial charge in [-0.2, -0.15) is 0 Å². The van der Waals surface area contributed by atoms with Crippen molar-refractivity contribution in [1.29, 1.82) is 0 Å². The topological polar surface area (TPSA) is 46.3 Å². The number of hydrogen-bond acceptors (Lipinski definition) is 2. The van der Waals surface area contributed by atoms with E-state index in [1.54, 1.807) is 0 Å². The van der Waals surface area contributed by atoms with Gasteiger partial charge in [-0.05, 0) is 38.5 Å². The average Bonchev–Trinajstić information content (AvgIpc) is 2.30. The Morgan fingerprint density at radius 1 is 1.31 bits per heavy atom. The third-order valence-electron chi connectivity index (χ3n) is 3.93. The summed E-state index contributed by atoms with van der Waals surface area (Å²) in [5.41, 5.74) is 5.90. The van der Waals surface area contributed by atoms with Crippen LogP contribution in [0.5, 0.6) is 0 Å². The molecular formula is C13H26N2O. The summed E-state index contributed by atoms with van der Waals surface area (Å²) in [7, 11) is 0. The quantitative estimate of drug-likeness (QED) is 0.797. The van der Waals surface area contributed by atoms with E-state index < -0.39 is 0 Å². The summed E-state index contributed by atoms with van der Waals surface area (Å²) in [5, 5.41) is 0. The van der Waals surface area contributed by atoms with Crippen LogP contribution in [0, 0.1) is 11.8 Å². The van der Waals surface area contributed by atoms with E-state index in [0.29, 0.717) is 11.8 Å². The zero-order valence-corrected chi connectivity index (χ0v) is 10.9. The van der Waals surface area contributed by atoms with Crippen LogP contribution in [0.2, 0.25) is 0 Å². The van der Waals surface area contributed by atoms with Gasteiger partial charge in [-0.1, -0.05) is 13.8 Å². The lowest BCUT2D eigenvalue weighted by molar-refractivity contribution is -0.137. The van der Waals surface area contributed by atoms with Crippen molar-refractivity contribution in [1.82, 2.24) is 4.90 Å². The second-order valence-corrected chi connectivity index (χ2v) is 5.04. The van der Waals surface area contributed by atoms with Crippen LogP contribution in [0.3, 0.4) is 0 Å². The van der Waals surface area contributed by atoms with Crippen molar-refractivity contribution in [2.24, 2.45) is 17.6 Å². The van der Waals surface area contributed by atoms with Gasteiger partial charge in [0.25, 0.3) is 0 Å². The monoisotopic (exact) mass is 226 g/mol. The lowest BCUT2D eigenvalue weighted by Gasteiger charge is -2.35. The van der Waals surface area contributed by atoms with E-state index in [9.17, 15) is 4.79 Å². The zero-order valence-electron chi connectivity index (χ0n) is 10.9. The van der Waals surface area contributed by atoms with E-state index in [1.807, 2.05) is 4.90 Å². The number of likely N-dealkylation sites (tertiary alicyclic amines) is 1. The third-order valence-corrected chi connectivity index (χ3v) is 3.93. The molecule has 1 amide bonds. The number of carbonyl (C=O) groups excluding carboxylic acids is 1. The number of piperidine rings is 1. The highest BCUT2D eigenvalue weighted by Crippen LogP contribution is 2.22. The molecule has 1 fully saturated rings. The van der Waals surface area contributed by atoms with Crippen LogP contribution in [0.1, 0.15) is 46.5 Å². The molecular weight excluding hydrogens is 200 g/mol. The van der Waals surface area contributed by atoms with Crippen LogP contribution in [0.25, 0.3) is 0 Å². The maximum absolute atomic E-state index is 12.1. The Hall–Kier alpha value is -0.570. The molecule has 2 N–H and O–H groups in total. The number of hydrogen-bond donors (Lipinski definition) is 1. The molecule has 1 atom stereocenters. The first-order valence-corrected chi connectivity index (χ1v) is 6.64. The summed E-state index contributed by atoms with van der Waals surface area (Å²) in [4.78, 5) is 14.2. The minimum Gasteiger partial charge on any atom is -0.342 e. The molecule has 0 aromatic carbocycles. The molecule has 0 spiro atoms. The van der Waals surface area contributed by atoms with Crippen molar-refractivity contribution in [2.75, 3.05) is 13.1 Å². The smallest absolute Gasteiger partial charge is 0.225 e. The number of nitrogens with two attached hydrogens (primary N) is 1. The molecule has 16 heavy (non-hydrogen) atoms. The first kappa shape index (κ1) is 13.5. The Labute approximate surface area is 99.4 Å². The SMILES string of the molecule is CCC(CC)C(=O)N1CCC(C(C)N)CC1. The number of rotatable bonds is 4. The molecule has 94 valence electrons. The predicted molar refractivity (Wildman–Crippen MR) is 67.0 cm³/mol. The molecule has 1 aliphatic heterocycles. The Morgan fingerprint density at radius 2 is 1.81 bits per heavy atom. The molecule has 0 radical (unpaired) electrons. The Bertz CT molecular complexity index is 216. The second kappa shape index (κ2) is 6.24. The molecule has 1 heterocycles. The maximum atomic E-state index is 12.1. The molecule has 1 saturated heterocycles. The Kier molecular flexibility index (Phi) is 5.26. The van der Waals surface area contributed by atoms with E-state index in [-0.39, 0.29) is 12.0 Å². The largest absolute Gasteiger partial charge is 0.342 e. The van der Waals surface area contributed by atoms with Gasteiger partial charge in [0.05, 0.1) is 0 Å². The van der Waals surface area contributed by atoms with Gasteiger partial charge in [0.2, 0.25) is 5.91 Å². The predicted octanol–water partition coefficient (Wildman–Crippen LogP) is 2.01. The van der Waals surface area contributed by atoms with E-state index in [4.69, 9.17) is 5.73 Å². The van der Waals surface area contributed by atoms with Crippen molar-refractivity contribution in [2.45, 2.75) is 52.5 Å². The van der Waals surface area contributed by atoms with Gasteiger partial charge < -0.3 is 10.6 Å². The fraction of sp³-hybridized carbons (Fsp3) is 0.923. The van der Waals surface area contributed by atoms with E-state index in [1.165, 1.54) is 0 Å². The van der Waals surface area contributed by atoms with E-state index in [0.717, 1.165) is 38.8 Å². The number of nitrogens with zero attached hydrogens (tertiary/aromatic N) is 1. The molecule has 0 aromatic heterocycles. The van der Waals surface area contributed by atoms with E-state index >= 15 is 0 Å². The third kappa shape index (κ3) is 3.21. The maximum Gasteiger partial charge on any atom is 0.225 e. The van der Waals surface area contributed by atoms with Crippen molar-refractivity contribution in [3.63, 3.8) is 0 Å². The highest BCUT2D eigenvalue weighted by atomic mass is 16.2. The number of carbonyl (C=O) groups is 1. The molecule has 1 aliphatic rings. The summed E-state index contributed by atoms with van der Waals surface area (Å²) < 4.78 is 0. The van der Waals surface area contributed by atoms with Gasteiger partial charge in [0.1, 0.15) is 0 Å². The molecule has 0 bridgehead atoms. The van der Waals surface area contributed by atoms with Crippen LogP contribution >= 0.6 is 0 Å². The lowest BCUT2D eigenvalue weighted by Crippen LogP contribution is -2.44. The lowest BCUT2D eigenvalue weighted by atomic mass is 9.90. The Morgan fingerprint density at radius 3 is 2.19 bits per heavy atom. The summed E-state index contributed by atoms with van der Waals surface area (Å²) in [5.74, 6) is 1.19. The molecule has 0 saturated carbocycles. The van der Waals surface area contributed by atoms with Crippen molar-refractivity contribution >= 4 is 5.91 Å². The van der Waals surface area contributed by atoms with Gasteiger partial charge in [-0.3, -0.25) is 4.79 Å². The molecule has 3 heteroatoms. The summed E-state index contributed by atoms with van der Waals surface area (Å²) in [6.07, 6.45) is 4.07. The normalized spacial score (nSPS) is 20.2. The fourth-order valence-corrected chi connectivity index (χ4v) is 2.54. The van der Waals surface area contributed by atoms with Crippen LogP contribution < -0.4 is 5.73 Å². The fourth-order valence-electron chi connectivity index (χ4n) is 2.54. The first-order chi connectivity index (χ1) is 7.60. The first-order valence-electron chi connectivity index (χ1n) is 6.64. The van der Waals surface area contributed by atoms with Gasteiger partial charge >= 0.3 is 0 Å². The van der Waals surface area contributed by atoms with Crippen LogP contribution in [0.15, 0.2) is 0 Å². The standard InChI is InChI=1S/C13H26N2O/c1-4-11(5-2)13(16)15-8-6-12(7-9-15)10(3)14/h10-12H,4-9,14H2,1-3H3. The Balaban J connectivity index is 2.44. The second-order valence-electron chi connectivity index (χ2n) is 5.04. The van der Waals surface area contributed by atoms with Crippen LogP contribution in [-0.4, -0.2) is 29.9 Å². The van der Waals surface area contributed by atoms with Gasteiger partial charge in [0, 0.05) is 25.0 Å². The van der Waals surface area contributed by atoms with E-state index in [2.05, 4.69) is 20.8 Å². The number of amides is 1. The molecule has 0 aliphatic carbocycles.